The Bertz CT molecular complexity index is 609. The van der Waals surface area contributed by atoms with Crippen LogP contribution in [0.5, 0.6) is 5.75 Å². The average Bonchev–Trinajstić information content (AvgIpc) is 2.30. The molecule has 0 amide bonds. The maximum atomic E-state index is 11.0. The number of aromatic amines is 1. The van der Waals surface area contributed by atoms with Gasteiger partial charge >= 0.3 is 0 Å². The number of H-pyrrole nitrogens is 1. The lowest BCUT2D eigenvalue weighted by Gasteiger charge is -2.06. The molecule has 4 nitrogen and oxygen atoms in total. The number of rotatable bonds is 2. The summed E-state index contributed by atoms with van der Waals surface area (Å²) in [5, 5.41) is 17.1. The second-order valence-electron chi connectivity index (χ2n) is 3.80. The van der Waals surface area contributed by atoms with Gasteiger partial charge in [-0.3, -0.25) is 4.79 Å². The molecule has 3 N–H and O–H groups in total. The fourth-order valence-corrected chi connectivity index (χ4v) is 1.61. The van der Waals surface area contributed by atoms with E-state index in [1.165, 1.54) is 6.07 Å². The maximum absolute atomic E-state index is 11.0. The quantitative estimate of drug-likeness (QED) is 0.688. The Labute approximate surface area is 98.1 Å². The largest absolute Gasteiger partial charge is 0.507 e. The first kappa shape index (κ1) is 11.1. The fourth-order valence-electron chi connectivity index (χ4n) is 1.61. The summed E-state index contributed by atoms with van der Waals surface area (Å²) in [4.78, 5) is 13.5. The highest BCUT2D eigenvalue weighted by Gasteiger charge is 2.06. The molecule has 0 aliphatic rings. The van der Waals surface area contributed by atoms with Gasteiger partial charge in [0.2, 0.25) is 5.56 Å². The molecule has 17 heavy (non-hydrogen) atoms. The third-order valence-corrected chi connectivity index (χ3v) is 2.52. The molecule has 0 saturated heterocycles. The van der Waals surface area contributed by atoms with Crippen molar-refractivity contribution in [1.82, 2.24) is 4.98 Å². The Morgan fingerprint density at radius 1 is 1.24 bits per heavy atom. The van der Waals surface area contributed by atoms with Crippen LogP contribution in [0.15, 0.2) is 41.3 Å². The second-order valence-corrected chi connectivity index (χ2v) is 3.80. The molecule has 1 aromatic carbocycles. The van der Waals surface area contributed by atoms with Crippen molar-refractivity contribution in [2.45, 2.75) is 6.92 Å². The summed E-state index contributed by atoms with van der Waals surface area (Å²) in [5.41, 5.74) is 2.33. The Hall–Kier alpha value is -2.36. The lowest BCUT2D eigenvalue weighted by atomic mass is 10.0. The number of hydrogen-bond donors (Lipinski definition) is 3. The van der Waals surface area contributed by atoms with Gasteiger partial charge in [-0.2, -0.15) is 0 Å². The Balaban J connectivity index is 2.53. The third-order valence-electron chi connectivity index (χ3n) is 2.52. The van der Waals surface area contributed by atoms with E-state index in [2.05, 4.69) is 4.98 Å². The third kappa shape index (κ3) is 2.25. The number of aromatic nitrogens is 1. The van der Waals surface area contributed by atoms with Crippen LogP contribution < -0.4 is 5.56 Å². The lowest BCUT2D eigenvalue weighted by molar-refractivity contribution is 0.474. The van der Waals surface area contributed by atoms with E-state index in [1.54, 1.807) is 37.4 Å². The van der Waals surface area contributed by atoms with Crippen molar-refractivity contribution < 1.29 is 5.11 Å². The summed E-state index contributed by atoms with van der Waals surface area (Å²) in [5.74, 6) is 0.0886. The molecule has 1 heterocycles. The van der Waals surface area contributed by atoms with Crippen LogP contribution >= 0.6 is 0 Å². The van der Waals surface area contributed by atoms with E-state index in [0.29, 0.717) is 11.3 Å². The number of phenolic OH excluding ortho intramolecular Hbond substituents is 1. The molecule has 0 saturated carbocycles. The standard InChI is InChI=1S/C13H12N2O2/c1-8(14)11-6-9(2-4-12(11)16)10-3-5-13(17)15-7-10/h2-7,14,16H,1H3,(H,15,17). The fraction of sp³-hybridized carbons (Fsp3) is 0.0769. The van der Waals surface area contributed by atoms with Gasteiger partial charge in [0.1, 0.15) is 5.75 Å². The molecule has 0 atom stereocenters. The van der Waals surface area contributed by atoms with E-state index in [4.69, 9.17) is 5.41 Å². The molecule has 2 aromatic rings. The molecule has 0 radical (unpaired) electrons. The predicted octanol–water partition coefficient (Wildman–Crippen LogP) is 2.14. The van der Waals surface area contributed by atoms with E-state index < -0.39 is 0 Å². The first-order valence-corrected chi connectivity index (χ1v) is 5.15. The van der Waals surface area contributed by atoms with E-state index >= 15 is 0 Å². The van der Waals surface area contributed by atoms with Crippen LogP contribution in [0.2, 0.25) is 0 Å². The summed E-state index contributed by atoms with van der Waals surface area (Å²) >= 11 is 0. The zero-order chi connectivity index (χ0) is 12.4. The Kier molecular flexibility index (Phi) is 2.78. The Morgan fingerprint density at radius 3 is 2.53 bits per heavy atom. The average molecular weight is 228 g/mol. The van der Waals surface area contributed by atoms with Gasteiger partial charge in [-0.1, -0.05) is 6.07 Å². The van der Waals surface area contributed by atoms with Gasteiger partial charge in [-0.25, -0.2) is 0 Å². The van der Waals surface area contributed by atoms with Gasteiger partial charge in [0.05, 0.1) is 0 Å². The zero-order valence-electron chi connectivity index (χ0n) is 9.32. The van der Waals surface area contributed by atoms with Crippen LogP contribution in [0.1, 0.15) is 12.5 Å². The predicted molar refractivity (Wildman–Crippen MR) is 66.7 cm³/mol. The molecule has 1 aromatic heterocycles. The molecular formula is C13H12N2O2. The first-order chi connectivity index (χ1) is 8.08. The normalized spacial score (nSPS) is 10.2. The van der Waals surface area contributed by atoms with Crippen molar-refractivity contribution in [3.05, 3.63) is 52.4 Å². The summed E-state index contributed by atoms with van der Waals surface area (Å²) < 4.78 is 0. The number of aromatic hydroxyl groups is 1. The molecule has 0 aliphatic heterocycles. The molecular weight excluding hydrogens is 216 g/mol. The van der Waals surface area contributed by atoms with Crippen LogP contribution in [0.25, 0.3) is 11.1 Å². The van der Waals surface area contributed by atoms with Crippen molar-refractivity contribution in [2.24, 2.45) is 0 Å². The monoisotopic (exact) mass is 228 g/mol. The highest BCUT2D eigenvalue weighted by atomic mass is 16.3. The molecule has 0 aliphatic carbocycles. The van der Waals surface area contributed by atoms with Crippen LogP contribution in [0.4, 0.5) is 0 Å². The zero-order valence-corrected chi connectivity index (χ0v) is 9.32. The van der Waals surface area contributed by atoms with Gasteiger partial charge in [0.15, 0.2) is 0 Å². The molecule has 0 bridgehead atoms. The summed E-state index contributed by atoms with van der Waals surface area (Å²) in [7, 11) is 0. The first-order valence-electron chi connectivity index (χ1n) is 5.15. The van der Waals surface area contributed by atoms with Crippen LogP contribution in [0, 0.1) is 5.41 Å². The molecule has 2 rings (SSSR count). The molecule has 86 valence electrons. The van der Waals surface area contributed by atoms with E-state index in [-0.39, 0.29) is 11.3 Å². The number of hydrogen-bond acceptors (Lipinski definition) is 3. The smallest absolute Gasteiger partial charge is 0.247 e. The highest BCUT2D eigenvalue weighted by molar-refractivity contribution is 5.99. The summed E-state index contributed by atoms with van der Waals surface area (Å²) in [6, 6.07) is 8.17. The molecule has 0 fully saturated rings. The van der Waals surface area contributed by atoms with E-state index in [1.807, 2.05) is 0 Å². The van der Waals surface area contributed by atoms with Gasteiger partial charge in [-0.05, 0) is 36.2 Å². The van der Waals surface area contributed by atoms with Crippen molar-refractivity contribution >= 4 is 5.71 Å². The van der Waals surface area contributed by atoms with Crippen LogP contribution in [-0.4, -0.2) is 15.8 Å². The maximum Gasteiger partial charge on any atom is 0.247 e. The number of benzene rings is 1. The minimum Gasteiger partial charge on any atom is -0.507 e. The summed E-state index contributed by atoms with van der Waals surface area (Å²) in [6.45, 7) is 1.62. The van der Waals surface area contributed by atoms with Crippen molar-refractivity contribution in [1.29, 1.82) is 5.41 Å². The van der Waals surface area contributed by atoms with Gasteiger partial charge in [0, 0.05) is 23.5 Å². The van der Waals surface area contributed by atoms with Gasteiger partial charge < -0.3 is 15.5 Å². The van der Waals surface area contributed by atoms with Crippen LogP contribution in [-0.2, 0) is 0 Å². The van der Waals surface area contributed by atoms with Gasteiger partial charge in [-0.15, -0.1) is 0 Å². The number of pyridine rings is 1. The minimum atomic E-state index is -0.156. The highest BCUT2D eigenvalue weighted by Crippen LogP contribution is 2.25. The van der Waals surface area contributed by atoms with E-state index in [0.717, 1.165) is 11.1 Å². The van der Waals surface area contributed by atoms with Crippen molar-refractivity contribution in [3.8, 4) is 16.9 Å². The van der Waals surface area contributed by atoms with Crippen LogP contribution in [0.3, 0.4) is 0 Å². The second kappa shape index (κ2) is 4.25. The number of nitrogens with one attached hydrogen (secondary N) is 2. The van der Waals surface area contributed by atoms with Crippen molar-refractivity contribution in [2.75, 3.05) is 0 Å². The summed E-state index contributed by atoms with van der Waals surface area (Å²) in [6.07, 6.45) is 1.61. The molecule has 0 spiro atoms. The van der Waals surface area contributed by atoms with Crippen molar-refractivity contribution in [3.63, 3.8) is 0 Å². The minimum absolute atomic E-state index is 0.0886. The van der Waals surface area contributed by atoms with E-state index in [9.17, 15) is 9.90 Å². The molecule has 4 heteroatoms. The SMILES string of the molecule is CC(=N)c1cc(-c2ccc(=O)[nH]c2)ccc1O. The molecule has 0 unspecified atom stereocenters. The number of phenols is 1. The topological polar surface area (TPSA) is 76.9 Å². The Morgan fingerprint density at radius 2 is 1.94 bits per heavy atom. The lowest BCUT2D eigenvalue weighted by Crippen LogP contribution is -2.01. The van der Waals surface area contributed by atoms with Gasteiger partial charge in [0.25, 0.3) is 0 Å².